The third-order valence-electron chi connectivity index (χ3n) is 3.02. The molecule has 0 bridgehead atoms. The summed E-state index contributed by atoms with van der Waals surface area (Å²) in [6, 6.07) is 7.19. The van der Waals surface area contributed by atoms with Crippen molar-refractivity contribution in [3.05, 3.63) is 36.9 Å². The van der Waals surface area contributed by atoms with Crippen LogP contribution >= 0.6 is 0 Å². The molecule has 7 nitrogen and oxygen atoms in total. The van der Waals surface area contributed by atoms with Crippen molar-refractivity contribution in [3.63, 3.8) is 0 Å². The van der Waals surface area contributed by atoms with Gasteiger partial charge in [-0.3, -0.25) is 4.57 Å². The van der Waals surface area contributed by atoms with E-state index in [-0.39, 0.29) is 12.1 Å². The Hall–Kier alpha value is -2.41. The summed E-state index contributed by atoms with van der Waals surface area (Å²) in [5.74, 6) is 0. The minimum absolute atomic E-state index is 0.00367. The molecule has 0 aliphatic carbocycles. The number of carbonyl (C=O) groups is 1. The first kappa shape index (κ1) is 15.0. The molecule has 0 unspecified atom stereocenters. The van der Waals surface area contributed by atoms with Gasteiger partial charge in [-0.2, -0.15) is 0 Å². The lowest BCUT2D eigenvalue weighted by atomic mass is 10.2. The zero-order valence-corrected chi connectivity index (χ0v) is 12.1. The van der Waals surface area contributed by atoms with Crippen molar-refractivity contribution in [1.82, 2.24) is 20.1 Å². The Morgan fingerprint density at radius 2 is 2.14 bits per heavy atom. The van der Waals surface area contributed by atoms with Gasteiger partial charge in [0.05, 0.1) is 18.3 Å². The zero-order chi connectivity index (χ0) is 15.1. The van der Waals surface area contributed by atoms with Gasteiger partial charge in [-0.15, -0.1) is 10.2 Å². The van der Waals surface area contributed by atoms with E-state index < -0.39 is 0 Å². The van der Waals surface area contributed by atoms with Crippen LogP contribution in [0.15, 0.2) is 36.9 Å². The van der Waals surface area contributed by atoms with E-state index in [0.717, 1.165) is 12.1 Å². The molecule has 0 aliphatic heterocycles. The molecule has 0 fully saturated rings. The molecule has 7 heteroatoms. The molecule has 112 valence electrons. The first-order valence-electron chi connectivity index (χ1n) is 6.74. The number of amides is 2. The van der Waals surface area contributed by atoms with Crippen molar-refractivity contribution in [3.8, 4) is 5.69 Å². The molecule has 0 saturated carbocycles. The van der Waals surface area contributed by atoms with Gasteiger partial charge in [-0.05, 0) is 24.6 Å². The number of hydrogen-bond donors (Lipinski definition) is 2. The maximum Gasteiger partial charge on any atom is 0.319 e. The number of ether oxygens (including phenoxy) is 1. The lowest BCUT2D eigenvalue weighted by Crippen LogP contribution is -2.40. The average Bonchev–Trinajstić information content (AvgIpc) is 3.01. The largest absolute Gasteiger partial charge is 0.383 e. The number of nitrogens with one attached hydrogen (secondary N) is 2. The van der Waals surface area contributed by atoms with Crippen LogP contribution in [0, 0.1) is 0 Å². The molecule has 2 N–H and O–H groups in total. The van der Waals surface area contributed by atoms with Crippen molar-refractivity contribution < 1.29 is 9.53 Å². The van der Waals surface area contributed by atoms with Crippen molar-refractivity contribution in [2.45, 2.75) is 19.4 Å². The van der Waals surface area contributed by atoms with E-state index in [4.69, 9.17) is 4.74 Å². The van der Waals surface area contributed by atoms with E-state index in [2.05, 4.69) is 20.8 Å². The number of nitrogens with zero attached hydrogens (tertiary/aromatic N) is 3. The highest BCUT2D eigenvalue weighted by molar-refractivity contribution is 5.89. The molecule has 2 amide bonds. The Morgan fingerprint density at radius 1 is 1.38 bits per heavy atom. The maximum atomic E-state index is 11.9. The lowest BCUT2D eigenvalue weighted by Gasteiger charge is -2.16. The fourth-order valence-electron chi connectivity index (χ4n) is 1.89. The van der Waals surface area contributed by atoms with Crippen LogP contribution in [0.2, 0.25) is 0 Å². The number of aromatic nitrogens is 3. The standard InChI is InChI=1S/C14H19N5O2/c1-3-11(8-21-2)17-14(20)18-12-5-4-6-13(7-12)19-9-15-16-10-19/h4-7,9-11H,3,8H2,1-2H3,(H2,17,18,20)/t11-/m1/s1. The lowest BCUT2D eigenvalue weighted by molar-refractivity contribution is 0.165. The van der Waals surface area contributed by atoms with Crippen LogP contribution in [0.1, 0.15) is 13.3 Å². The van der Waals surface area contributed by atoms with Gasteiger partial charge >= 0.3 is 6.03 Å². The zero-order valence-electron chi connectivity index (χ0n) is 12.1. The molecule has 21 heavy (non-hydrogen) atoms. The van der Waals surface area contributed by atoms with Gasteiger partial charge in [-0.1, -0.05) is 13.0 Å². The van der Waals surface area contributed by atoms with Gasteiger partial charge in [0.1, 0.15) is 12.7 Å². The van der Waals surface area contributed by atoms with E-state index in [1.165, 1.54) is 0 Å². The first-order valence-corrected chi connectivity index (χ1v) is 6.74. The van der Waals surface area contributed by atoms with Crippen LogP contribution in [0.3, 0.4) is 0 Å². The predicted molar refractivity (Wildman–Crippen MR) is 79.5 cm³/mol. The van der Waals surface area contributed by atoms with Crippen LogP contribution < -0.4 is 10.6 Å². The molecule has 0 saturated heterocycles. The summed E-state index contributed by atoms with van der Waals surface area (Å²) in [5.41, 5.74) is 1.58. The maximum absolute atomic E-state index is 11.9. The Bertz CT molecular complexity index is 571. The SMILES string of the molecule is CC[C@H](COC)NC(=O)Nc1cccc(-n2cnnc2)c1. The highest BCUT2D eigenvalue weighted by Gasteiger charge is 2.10. The van der Waals surface area contributed by atoms with Gasteiger partial charge in [0.15, 0.2) is 0 Å². The smallest absolute Gasteiger partial charge is 0.319 e. The van der Waals surface area contributed by atoms with E-state index in [9.17, 15) is 4.79 Å². The predicted octanol–water partition coefficient (Wildman–Crippen LogP) is 1.81. The summed E-state index contributed by atoms with van der Waals surface area (Å²) in [6.45, 7) is 2.49. The monoisotopic (exact) mass is 289 g/mol. The third-order valence-corrected chi connectivity index (χ3v) is 3.02. The quantitative estimate of drug-likeness (QED) is 0.850. The van der Waals surface area contributed by atoms with Crippen LogP contribution in [0.4, 0.5) is 10.5 Å². The first-order chi connectivity index (χ1) is 10.2. The second kappa shape index (κ2) is 7.39. The van der Waals surface area contributed by atoms with Gasteiger partial charge in [-0.25, -0.2) is 4.79 Å². The second-order valence-corrected chi connectivity index (χ2v) is 4.58. The summed E-state index contributed by atoms with van der Waals surface area (Å²) < 4.78 is 6.82. The molecule has 0 aliphatic rings. The number of carbonyl (C=O) groups excluding carboxylic acids is 1. The number of benzene rings is 1. The van der Waals surface area contributed by atoms with E-state index in [1.54, 1.807) is 24.3 Å². The van der Waals surface area contributed by atoms with Crippen LogP contribution in [0.25, 0.3) is 5.69 Å². The molecular weight excluding hydrogens is 270 g/mol. The Morgan fingerprint density at radius 3 is 2.81 bits per heavy atom. The molecule has 1 atom stereocenters. The molecular formula is C14H19N5O2. The summed E-state index contributed by atoms with van der Waals surface area (Å²) in [6.07, 6.45) is 4.01. The number of methoxy groups -OCH3 is 1. The highest BCUT2D eigenvalue weighted by Crippen LogP contribution is 2.13. The van der Waals surface area contributed by atoms with Crippen molar-refractivity contribution in [2.24, 2.45) is 0 Å². The van der Waals surface area contributed by atoms with E-state index in [0.29, 0.717) is 12.3 Å². The fraction of sp³-hybridized carbons (Fsp3) is 0.357. The van der Waals surface area contributed by atoms with E-state index in [1.807, 2.05) is 31.2 Å². The minimum atomic E-state index is -0.250. The molecule has 1 aromatic heterocycles. The highest BCUT2D eigenvalue weighted by atomic mass is 16.5. The van der Waals surface area contributed by atoms with Gasteiger partial charge in [0.25, 0.3) is 0 Å². The Labute approximate surface area is 123 Å². The molecule has 2 aromatic rings. The molecule has 0 radical (unpaired) electrons. The van der Waals surface area contributed by atoms with E-state index >= 15 is 0 Å². The topological polar surface area (TPSA) is 81.1 Å². The second-order valence-electron chi connectivity index (χ2n) is 4.58. The number of hydrogen-bond acceptors (Lipinski definition) is 4. The van der Waals surface area contributed by atoms with Crippen LogP contribution in [-0.4, -0.2) is 40.6 Å². The molecule has 2 rings (SSSR count). The average molecular weight is 289 g/mol. The minimum Gasteiger partial charge on any atom is -0.383 e. The number of rotatable bonds is 6. The summed E-state index contributed by atoms with van der Waals surface area (Å²) in [5, 5.41) is 13.2. The molecule has 1 heterocycles. The van der Waals surface area contributed by atoms with Gasteiger partial charge in [0.2, 0.25) is 0 Å². The molecule has 0 spiro atoms. The Kier molecular flexibility index (Phi) is 5.28. The molecule has 1 aromatic carbocycles. The summed E-state index contributed by atoms with van der Waals surface area (Å²) in [7, 11) is 1.62. The third kappa shape index (κ3) is 4.28. The normalized spacial score (nSPS) is 11.9. The van der Waals surface area contributed by atoms with Crippen LogP contribution in [-0.2, 0) is 4.74 Å². The Balaban J connectivity index is 1.99. The summed E-state index contributed by atoms with van der Waals surface area (Å²) in [4.78, 5) is 11.9. The number of anilines is 1. The number of urea groups is 1. The van der Waals surface area contributed by atoms with Crippen molar-refractivity contribution in [2.75, 3.05) is 19.0 Å². The summed E-state index contributed by atoms with van der Waals surface area (Å²) >= 11 is 0. The van der Waals surface area contributed by atoms with Gasteiger partial charge < -0.3 is 15.4 Å². The van der Waals surface area contributed by atoms with Crippen LogP contribution in [0.5, 0.6) is 0 Å². The fourth-order valence-corrected chi connectivity index (χ4v) is 1.89. The van der Waals surface area contributed by atoms with Crippen molar-refractivity contribution in [1.29, 1.82) is 0 Å². The van der Waals surface area contributed by atoms with Gasteiger partial charge in [0, 0.05) is 12.8 Å². The van der Waals surface area contributed by atoms with Crippen molar-refractivity contribution >= 4 is 11.7 Å².